The molecule has 214 valence electrons. The summed E-state index contributed by atoms with van der Waals surface area (Å²) >= 11 is 0. The van der Waals surface area contributed by atoms with Crippen molar-refractivity contribution in [2.24, 2.45) is 0 Å². The molecule has 0 bridgehead atoms. The lowest BCUT2D eigenvalue weighted by Crippen LogP contribution is -2.59. The molecule has 0 spiro atoms. The van der Waals surface area contributed by atoms with Gasteiger partial charge in [-0.2, -0.15) is 0 Å². The zero-order chi connectivity index (χ0) is 28.6. The number of ether oxygens (including phenoxy) is 4. The van der Waals surface area contributed by atoms with Gasteiger partial charge in [-0.3, -0.25) is 14.9 Å². The lowest BCUT2D eigenvalue weighted by molar-refractivity contribution is -0.167. The zero-order valence-corrected chi connectivity index (χ0v) is 23.3. The van der Waals surface area contributed by atoms with Gasteiger partial charge < -0.3 is 24.1 Å². The molecule has 10 heteroatoms. The van der Waals surface area contributed by atoms with Gasteiger partial charge >= 0.3 is 24.1 Å². The summed E-state index contributed by atoms with van der Waals surface area (Å²) in [6.45, 7) is 9.55. The Morgan fingerprint density at radius 3 is 2.00 bits per heavy atom. The minimum atomic E-state index is -2.15. The summed E-state index contributed by atoms with van der Waals surface area (Å²) < 4.78 is 21.4. The van der Waals surface area contributed by atoms with E-state index >= 15 is 0 Å². The molecule has 2 atom stereocenters. The van der Waals surface area contributed by atoms with Crippen molar-refractivity contribution in [2.75, 3.05) is 6.61 Å². The monoisotopic (exact) mass is 537 g/mol. The summed E-state index contributed by atoms with van der Waals surface area (Å²) in [5, 5.41) is 13.1. The van der Waals surface area contributed by atoms with E-state index in [4.69, 9.17) is 18.9 Å². The van der Waals surface area contributed by atoms with E-state index in [-0.39, 0.29) is 43.4 Å². The Balaban J connectivity index is 3.36. The average Bonchev–Trinajstić information content (AvgIpc) is 2.87. The van der Waals surface area contributed by atoms with Crippen molar-refractivity contribution in [2.45, 2.75) is 111 Å². The van der Waals surface area contributed by atoms with Crippen LogP contribution in [0.2, 0.25) is 0 Å². The number of benzene rings is 1. The van der Waals surface area contributed by atoms with E-state index in [1.807, 2.05) is 27.7 Å². The topological polar surface area (TPSA) is 137 Å². The maximum atomic E-state index is 12.5. The Kier molecular flexibility index (Phi) is 15.0. The molecule has 0 aliphatic rings. The van der Waals surface area contributed by atoms with Crippen LogP contribution in [-0.2, 0) is 30.3 Å². The number of hydrogen-bond acceptors (Lipinski definition) is 9. The van der Waals surface area contributed by atoms with Gasteiger partial charge in [-0.15, -0.1) is 0 Å². The van der Waals surface area contributed by atoms with Gasteiger partial charge in [-0.05, 0) is 50.3 Å². The van der Waals surface area contributed by atoms with Gasteiger partial charge in [0.15, 0.2) is 11.5 Å². The van der Waals surface area contributed by atoms with Crippen LogP contribution in [0, 0.1) is 0 Å². The third-order valence-corrected chi connectivity index (χ3v) is 5.79. The number of aliphatic carboxylic acids is 1. The standard InChI is InChI=1S/C28H43NO9/c1-6-10-13-24(30)36-22-16-15-21(18-23(22)37-25(31)14-11-7-2)19-28(26(32)33,29-20(5)9-4)38-27(34)35-17-12-8-3/h15-16,18,20,29H,6-14,17,19H2,1-5H3,(H,32,33)/t20?,28-/m0/s1. The predicted octanol–water partition coefficient (Wildman–Crippen LogP) is 5.54. The molecule has 0 aliphatic carbocycles. The highest BCUT2D eigenvalue weighted by Crippen LogP contribution is 2.32. The van der Waals surface area contributed by atoms with Crippen molar-refractivity contribution in [3.8, 4) is 11.5 Å². The Labute approximate surface area is 225 Å². The summed E-state index contributed by atoms with van der Waals surface area (Å²) in [6, 6.07) is 4.08. The summed E-state index contributed by atoms with van der Waals surface area (Å²) in [5.74, 6) is -2.35. The molecule has 0 saturated carbocycles. The van der Waals surface area contributed by atoms with Crippen LogP contribution in [0.25, 0.3) is 0 Å². The molecule has 2 N–H and O–H groups in total. The fourth-order valence-electron chi connectivity index (χ4n) is 3.37. The lowest BCUT2D eigenvalue weighted by atomic mass is 10.00. The molecule has 1 aromatic rings. The van der Waals surface area contributed by atoms with E-state index in [0.717, 1.165) is 19.3 Å². The summed E-state index contributed by atoms with van der Waals surface area (Å²) in [6.07, 6.45) is 3.81. The lowest BCUT2D eigenvalue weighted by Gasteiger charge is -2.32. The van der Waals surface area contributed by atoms with E-state index in [9.17, 15) is 24.3 Å². The summed E-state index contributed by atoms with van der Waals surface area (Å²) in [5.41, 5.74) is -1.78. The Bertz CT molecular complexity index is 918. The first-order valence-corrected chi connectivity index (χ1v) is 13.5. The number of nitrogens with one attached hydrogen (secondary N) is 1. The normalized spacial score (nSPS) is 13.2. The first kappa shape index (κ1) is 32.9. The highest BCUT2D eigenvalue weighted by molar-refractivity contribution is 5.81. The molecule has 0 fully saturated rings. The fourth-order valence-corrected chi connectivity index (χ4v) is 3.37. The van der Waals surface area contributed by atoms with Crippen LogP contribution < -0.4 is 14.8 Å². The quantitative estimate of drug-likeness (QED) is 0.106. The smallest absolute Gasteiger partial charge is 0.477 e. The molecule has 1 rings (SSSR count). The molecule has 0 aromatic heterocycles. The van der Waals surface area contributed by atoms with Gasteiger partial charge in [0.1, 0.15) is 0 Å². The van der Waals surface area contributed by atoms with Crippen LogP contribution in [0.15, 0.2) is 18.2 Å². The number of hydrogen-bond donors (Lipinski definition) is 2. The van der Waals surface area contributed by atoms with Gasteiger partial charge in [0.2, 0.25) is 0 Å². The van der Waals surface area contributed by atoms with Crippen LogP contribution >= 0.6 is 0 Å². The summed E-state index contributed by atoms with van der Waals surface area (Å²) in [4.78, 5) is 49.5. The molecule has 0 radical (unpaired) electrons. The molecule has 1 aromatic carbocycles. The van der Waals surface area contributed by atoms with Crippen LogP contribution in [-0.4, -0.2) is 47.5 Å². The number of carbonyl (C=O) groups excluding carboxylic acids is 3. The molecule has 10 nitrogen and oxygen atoms in total. The van der Waals surface area contributed by atoms with E-state index < -0.39 is 29.8 Å². The van der Waals surface area contributed by atoms with Crippen molar-refractivity contribution in [3.05, 3.63) is 23.8 Å². The van der Waals surface area contributed by atoms with Gasteiger partial charge in [0.25, 0.3) is 5.72 Å². The second kappa shape index (κ2) is 17.4. The third-order valence-electron chi connectivity index (χ3n) is 5.79. The van der Waals surface area contributed by atoms with Crippen LogP contribution in [0.4, 0.5) is 4.79 Å². The first-order valence-electron chi connectivity index (χ1n) is 13.5. The maximum Gasteiger partial charge on any atom is 0.510 e. The highest BCUT2D eigenvalue weighted by atomic mass is 16.7. The molecular weight excluding hydrogens is 494 g/mol. The fraction of sp³-hybridized carbons (Fsp3) is 0.643. The molecule has 0 aliphatic heterocycles. The largest absolute Gasteiger partial charge is 0.510 e. The maximum absolute atomic E-state index is 12.5. The van der Waals surface area contributed by atoms with Gasteiger partial charge in [0, 0.05) is 25.3 Å². The second-order valence-corrected chi connectivity index (χ2v) is 9.25. The van der Waals surface area contributed by atoms with E-state index in [1.54, 1.807) is 6.92 Å². The SMILES string of the molecule is CCCCOC(=O)O[C@](Cc1ccc(OC(=O)CCCC)c(OC(=O)CCCC)c1)(NC(C)CC)C(=O)O. The van der Waals surface area contributed by atoms with Crippen LogP contribution in [0.3, 0.4) is 0 Å². The Morgan fingerprint density at radius 1 is 0.895 bits per heavy atom. The van der Waals surface area contributed by atoms with E-state index in [1.165, 1.54) is 18.2 Å². The number of carboxylic acid groups (broad SMARTS) is 1. The summed E-state index contributed by atoms with van der Waals surface area (Å²) in [7, 11) is 0. The second-order valence-electron chi connectivity index (χ2n) is 9.25. The van der Waals surface area contributed by atoms with Crippen molar-refractivity contribution in [1.82, 2.24) is 5.32 Å². The molecule has 0 heterocycles. The highest BCUT2D eigenvalue weighted by Gasteiger charge is 2.44. The molecular formula is C28H43NO9. The van der Waals surface area contributed by atoms with Crippen molar-refractivity contribution >= 4 is 24.1 Å². The Hall–Kier alpha value is -3.14. The van der Waals surface area contributed by atoms with Crippen LogP contribution in [0.5, 0.6) is 11.5 Å². The minimum Gasteiger partial charge on any atom is -0.477 e. The van der Waals surface area contributed by atoms with Crippen molar-refractivity contribution in [3.63, 3.8) is 0 Å². The number of esters is 2. The zero-order valence-electron chi connectivity index (χ0n) is 23.3. The molecule has 38 heavy (non-hydrogen) atoms. The van der Waals surface area contributed by atoms with Crippen molar-refractivity contribution < 1.29 is 43.2 Å². The third kappa shape index (κ3) is 11.5. The minimum absolute atomic E-state index is 0.0122. The molecule has 0 saturated heterocycles. The predicted molar refractivity (Wildman–Crippen MR) is 141 cm³/mol. The number of unbranched alkanes of at least 4 members (excludes halogenated alkanes) is 3. The molecule has 0 amide bonds. The van der Waals surface area contributed by atoms with Gasteiger partial charge in [0.05, 0.1) is 6.61 Å². The molecule has 1 unspecified atom stereocenters. The number of carbonyl (C=O) groups is 4. The first-order chi connectivity index (χ1) is 18.1. The van der Waals surface area contributed by atoms with Gasteiger partial charge in [-0.25, -0.2) is 9.59 Å². The number of carboxylic acids is 1. The average molecular weight is 538 g/mol. The van der Waals surface area contributed by atoms with E-state index in [0.29, 0.717) is 31.2 Å². The van der Waals surface area contributed by atoms with Crippen molar-refractivity contribution in [1.29, 1.82) is 0 Å². The van der Waals surface area contributed by atoms with Crippen LogP contribution in [0.1, 0.15) is 98.0 Å². The Morgan fingerprint density at radius 2 is 1.47 bits per heavy atom. The van der Waals surface area contributed by atoms with E-state index in [2.05, 4.69) is 5.32 Å². The number of rotatable bonds is 18. The van der Waals surface area contributed by atoms with Gasteiger partial charge in [-0.1, -0.05) is 53.0 Å².